The predicted molar refractivity (Wildman–Crippen MR) is 139 cm³/mol. The number of carbonyl (C=O) groups is 1. The summed E-state index contributed by atoms with van der Waals surface area (Å²) in [6.45, 7) is 7.68. The quantitative estimate of drug-likeness (QED) is 0.415. The summed E-state index contributed by atoms with van der Waals surface area (Å²) < 4.78 is 0. The number of nitrogens with zero attached hydrogens (tertiary/aromatic N) is 6. The Hall–Kier alpha value is -4.37. The fourth-order valence-corrected chi connectivity index (χ4v) is 3.98. The van der Waals surface area contributed by atoms with Crippen molar-refractivity contribution in [1.29, 1.82) is 0 Å². The molecule has 5 rings (SSSR count). The SMILES string of the molecule is C=CC(=O)Nc1ccnc(-c2nccc3cnc(Nc4ccc(N5CCN(C)CC5)cc4)nc23)c1. The lowest BCUT2D eigenvalue weighted by Crippen LogP contribution is -2.44. The highest BCUT2D eigenvalue weighted by molar-refractivity contribution is 5.99. The molecule has 3 aromatic heterocycles. The van der Waals surface area contributed by atoms with Crippen molar-refractivity contribution in [2.45, 2.75) is 0 Å². The van der Waals surface area contributed by atoms with Gasteiger partial charge in [0.15, 0.2) is 0 Å². The molecule has 1 aliphatic heterocycles. The summed E-state index contributed by atoms with van der Waals surface area (Å²) in [4.78, 5) is 34.6. The van der Waals surface area contributed by atoms with Crippen LogP contribution in [0.2, 0.25) is 0 Å². The number of piperazine rings is 1. The Morgan fingerprint density at radius 3 is 2.51 bits per heavy atom. The molecule has 0 unspecified atom stereocenters. The van der Waals surface area contributed by atoms with Gasteiger partial charge in [0, 0.05) is 67.2 Å². The van der Waals surface area contributed by atoms with Crippen LogP contribution in [0.5, 0.6) is 0 Å². The Morgan fingerprint density at radius 2 is 1.74 bits per heavy atom. The van der Waals surface area contributed by atoms with Crippen molar-refractivity contribution in [3.8, 4) is 11.4 Å². The number of amides is 1. The lowest BCUT2D eigenvalue weighted by Gasteiger charge is -2.34. The fourth-order valence-electron chi connectivity index (χ4n) is 3.98. The van der Waals surface area contributed by atoms with Crippen LogP contribution in [0.25, 0.3) is 22.3 Å². The van der Waals surface area contributed by atoms with Gasteiger partial charge in [-0.15, -0.1) is 0 Å². The van der Waals surface area contributed by atoms with E-state index in [9.17, 15) is 4.79 Å². The zero-order valence-electron chi connectivity index (χ0n) is 19.5. The number of aromatic nitrogens is 4. The van der Waals surface area contributed by atoms with E-state index in [2.05, 4.69) is 61.1 Å². The van der Waals surface area contributed by atoms with Gasteiger partial charge in [0.1, 0.15) is 11.2 Å². The maximum absolute atomic E-state index is 11.7. The number of rotatable bonds is 6. The van der Waals surface area contributed by atoms with Crippen LogP contribution < -0.4 is 15.5 Å². The minimum atomic E-state index is -0.291. The van der Waals surface area contributed by atoms with Crippen LogP contribution in [-0.2, 0) is 4.79 Å². The van der Waals surface area contributed by atoms with Gasteiger partial charge in [-0.2, -0.15) is 0 Å². The smallest absolute Gasteiger partial charge is 0.247 e. The zero-order valence-corrected chi connectivity index (χ0v) is 19.5. The van der Waals surface area contributed by atoms with E-state index >= 15 is 0 Å². The molecule has 35 heavy (non-hydrogen) atoms. The summed E-state index contributed by atoms with van der Waals surface area (Å²) in [5.41, 5.74) is 4.58. The van der Waals surface area contributed by atoms with Gasteiger partial charge in [-0.3, -0.25) is 14.8 Å². The number of anilines is 4. The molecule has 9 nitrogen and oxygen atoms in total. The van der Waals surface area contributed by atoms with Gasteiger partial charge in [0.25, 0.3) is 0 Å². The van der Waals surface area contributed by atoms with Gasteiger partial charge in [0.2, 0.25) is 11.9 Å². The molecule has 0 bridgehead atoms. The predicted octanol–water partition coefficient (Wildman–Crippen LogP) is 3.71. The Morgan fingerprint density at radius 1 is 0.971 bits per heavy atom. The number of fused-ring (bicyclic) bond motifs is 1. The van der Waals surface area contributed by atoms with Crippen molar-refractivity contribution in [2.75, 3.05) is 48.8 Å². The zero-order chi connectivity index (χ0) is 24.2. The van der Waals surface area contributed by atoms with Crippen LogP contribution >= 0.6 is 0 Å². The largest absolute Gasteiger partial charge is 0.369 e. The van der Waals surface area contributed by atoms with E-state index in [1.807, 2.05) is 18.2 Å². The van der Waals surface area contributed by atoms with Crippen molar-refractivity contribution >= 4 is 39.8 Å². The molecule has 0 saturated carbocycles. The number of benzene rings is 1. The molecule has 0 aliphatic carbocycles. The standard InChI is InChI=1S/C26H26N8O/c1-3-23(35)30-20-9-11-27-22(16-20)25-24-18(8-10-28-25)17-29-26(32-24)31-19-4-6-21(7-5-19)34-14-12-33(2)13-15-34/h3-11,16-17H,1,12-15H2,2H3,(H,27,30,35)(H,29,31,32). The monoisotopic (exact) mass is 466 g/mol. The first-order valence-corrected chi connectivity index (χ1v) is 11.4. The van der Waals surface area contributed by atoms with E-state index in [0.29, 0.717) is 28.5 Å². The van der Waals surface area contributed by atoms with Gasteiger partial charge in [-0.05, 0) is 55.6 Å². The molecule has 1 aliphatic rings. The summed E-state index contributed by atoms with van der Waals surface area (Å²) in [6.07, 6.45) is 6.30. The molecule has 0 atom stereocenters. The van der Waals surface area contributed by atoms with Crippen molar-refractivity contribution in [3.05, 3.63) is 73.7 Å². The summed E-state index contributed by atoms with van der Waals surface area (Å²) in [7, 11) is 2.16. The summed E-state index contributed by atoms with van der Waals surface area (Å²) in [5, 5.41) is 6.88. The second-order valence-corrected chi connectivity index (χ2v) is 8.38. The van der Waals surface area contributed by atoms with Gasteiger partial charge >= 0.3 is 0 Å². The molecule has 4 heterocycles. The van der Waals surface area contributed by atoms with E-state index in [0.717, 1.165) is 37.3 Å². The normalized spacial score (nSPS) is 14.0. The maximum atomic E-state index is 11.7. The number of nitrogens with one attached hydrogen (secondary N) is 2. The Balaban J connectivity index is 1.39. The first-order valence-electron chi connectivity index (χ1n) is 11.4. The summed E-state index contributed by atoms with van der Waals surface area (Å²) >= 11 is 0. The minimum Gasteiger partial charge on any atom is -0.369 e. The van der Waals surface area contributed by atoms with Gasteiger partial charge in [-0.25, -0.2) is 9.97 Å². The Labute approximate surface area is 203 Å². The van der Waals surface area contributed by atoms with Gasteiger partial charge < -0.3 is 20.4 Å². The van der Waals surface area contributed by atoms with Crippen molar-refractivity contribution in [2.24, 2.45) is 0 Å². The van der Waals surface area contributed by atoms with Crippen LogP contribution in [-0.4, -0.2) is 64.0 Å². The van der Waals surface area contributed by atoms with E-state index in [-0.39, 0.29) is 5.91 Å². The third-order valence-corrected chi connectivity index (χ3v) is 5.95. The number of likely N-dealkylation sites (N-methyl/N-ethyl adjacent to an activating group) is 1. The van der Waals surface area contributed by atoms with Crippen molar-refractivity contribution < 1.29 is 4.79 Å². The summed E-state index contributed by atoms with van der Waals surface area (Å²) in [6, 6.07) is 13.6. The molecule has 1 aromatic carbocycles. The molecule has 0 spiro atoms. The lowest BCUT2D eigenvalue weighted by molar-refractivity contribution is -0.111. The van der Waals surface area contributed by atoms with Crippen molar-refractivity contribution in [1.82, 2.24) is 24.8 Å². The van der Waals surface area contributed by atoms with Gasteiger partial charge in [-0.1, -0.05) is 6.58 Å². The van der Waals surface area contributed by atoms with Crippen LogP contribution in [0.4, 0.5) is 23.0 Å². The van der Waals surface area contributed by atoms with Crippen LogP contribution in [0, 0.1) is 0 Å². The molecule has 2 N–H and O–H groups in total. The molecule has 176 valence electrons. The lowest BCUT2D eigenvalue weighted by atomic mass is 10.1. The fraction of sp³-hybridized carbons (Fsp3) is 0.192. The first-order chi connectivity index (χ1) is 17.1. The molecule has 9 heteroatoms. The Bertz CT molecular complexity index is 1360. The van der Waals surface area contributed by atoms with Crippen LogP contribution in [0.3, 0.4) is 0 Å². The van der Waals surface area contributed by atoms with Crippen LogP contribution in [0.1, 0.15) is 0 Å². The van der Waals surface area contributed by atoms with E-state index in [4.69, 9.17) is 4.98 Å². The number of carbonyl (C=O) groups excluding carboxylic acids is 1. The molecule has 1 fully saturated rings. The number of hydrogen-bond acceptors (Lipinski definition) is 8. The third kappa shape index (κ3) is 5.10. The molecular formula is C26H26N8O. The Kier molecular flexibility index (Phi) is 6.32. The molecule has 4 aromatic rings. The average Bonchev–Trinajstić information content (AvgIpc) is 2.89. The topological polar surface area (TPSA) is 99.2 Å². The van der Waals surface area contributed by atoms with Gasteiger partial charge in [0.05, 0.1) is 5.69 Å². The molecular weight excluding hydrogens is 440 g/mol. The molecule has 1 amide bonds. The van der Waals surface area contributed by atoms with Crippen LogP contribution in [0.15, 0.2) is 73.7 Å². The second kappa shape index (κ2) is 9.86. The van der Waals surface area contributed by atoms with Crippen molar-refractivity contribution in [3.63, 3.8) is 0 Å². The molecule has 1 saturated heterocycles. The summed E-state index contributed by atoms with van der Waals surface area (Å²) in [5.74, 6) is 0.177. The second-order valence-electron chi connectivity index (χ2n) is 8.38. The van der Waals surface area contributed by atoms with E-state index < -0.39 is 0 Å². The molecule has 0 radical (unpaired) electrons. The third-order valence-electron chi connectivity index (χ3n) is 5.95. The van der Waals surface area contributed by atoms with E-state index in [1.54, 1.807) is 30.7 Å². The number of pyridine rings is 2. The highest BCUT2D eigenvalue weighted by atomic mass is 16.1. The highest BCUT2D eigenvalue weighted by Crippen LogP contribution is 2.27. The minimum absolute atomic E-state index is 0.291. The first kappa shape index (κ1) is 22.4. The number of hydrogen-bond donors (Lipinski definition) is 2. The van der Waals surface area contributed by atoms with E-state index in [1.165, 1.54) is 11.8 Å². The highest BCUT2D eigenvalue weighted by Gasteiger charge is 2.15. The maximum Gasteiger partial charge on any atom is 0.247 e. The average molecular weight is 467 g/mol.